The molecule has 0 bridgehead atoms. The molecule has 0 fully saturated rings. The van der Waals surface area contributed by atoms with E-state index in [-0.39, 0.29) is 12.5 Å². The van der Waals surface area contributed by atoms with Gasteiger partial charge in [0.25, 0.3) is 0 Å². The third-order valence-electron chi connectivity index (χ3n) is 3.14. The number of nitrogens with one attached hydrogen (secondary N) is 2. The Hall–Kier alpha value is -2.15. The summed E-state index contributed by atoms with van der Waals surface area (Å²) in [4.78, 5) is 22.3. The van der Waals surface area contributed by atoms with Crippen LogP contribution in [0.1, 0.15) is 6.92 Å². The quantitative estimate of drug-likeness (QED) is 0.893. The van der Waals surface area contributed by atoms with Gasteiger partial charge in [-0.15, -0.1) is 0 Å². The van der Waals surface area contributed by atoms with E-state index in [1.165, 1.54) is 6.33 Å². The van der Waals surface area contributed by atoms with Gasteiger partial charge >= 0.3 is 0 Å². The molecule has 0 radical (unpaired) electrons. The Morgan fingerprint density at radius 1 is 1.38 bits per heavy atom. The lowest BCUT2D eigenvalue weighted by atomic mass is 10.2. The Bertz CT molecular complexity index is 691. The molecule has 108 valence electrons. The molecule has 6 nitrogen and oxygen atoms in total. The number of anilines is 4. The molecule has 1 aliphatic rings. The standard InChI is InChI=1S/C14H14BrN5O/c1-2-16-13-12(15)14(18-8-17-13)20-7-11(21)19-9-5-3-4-6-10(9)20/h3-6,8H,2,7H2,1H3,(H,19,21)(H,16,17,18). The molecule has 0 aliphatic carbocycles. The van der Waals surface area contributed by atoms with Crippen LogP contribution in [0, 0.1) is 0 Å². The molecule has 0 unspecified atom stereocenters. The second-order valence-corrected chi connectivity index (χ2v) is 5.33. The number of hydrogen-bond acceptors (Lipinski definition) is 5. The van der Waals surface area contributed by atoms with Gasteiger partial charge in [0, 0.05) is 6.54 Å². The van der Waals surface area contributed by atoms with Crippen molar-refractivity contribution in [3.05, 3.63) is 35.1 Å². The zero-order valence-corrected chi connectivity index (χ0v) is 13.0. The fraction of sp³-hybridized carbons (Fsp3) is 0.214. The minimum absolute atomic E-state index is 0.0655. The highest BCUT2D eigenvalue weighted by molar-refractivity contribution is 9.10. The normalized spacial score (nSPS) is 13.6. The summed E-state index contributed by atoms with van der Waals surface area (Å²) in [7, 11) is 0. The summed E-state index contributed by atoms with van der Waals surface area (Å²) in [5.41, 5.74) is 1.70. The first kappa shape index (κ1) is 13.8. The Morgan fingerprint density at radius 3 is 3.00 bits per heavy atom. The summed E-state index contributed by atoms with van der Waals surface area (Å²) in [6, 6.07) is 7.65. The van der Waals surface area contributed by atoms with Crippen LogP contribution in [0.15, 0.2) is 35.1 Å². The van der Waals surface area contributed by atoms with Crippen LogP contribution in [0.5, 0.6) is 0 Å². The predicted octanol–water partition coefficient (Wildman–Crippen LogP) is 2.76. The van der Waals surface area contributed by atoms with E-state index in [4.69, 9.17) is 0 Å². The number of nitrogens with zero attached hydrogens (tertiary/aromatic N) is 3. The molecular formula is C14H14BrN5O. The van der Waals surface area contributed by atoms with Gasteiger partial charge in [-0.05, 0) is 35.0 Å². The maximum absolute atomic E-state index is 11.9. The molecule has 1 aliphatic heterocycles. The van der Waals surface area contributed by atoms with Gasteiger partial charge in [-0.3, -0.25) is 4.79 Å². The lowest BCUT2D eigenvalue weighted by Crippen LogP contribution is -2.35. The van der Waals surface area contributed by atoms with E-state index in [9.17, 15) is 4.79 Å². The zero-order valence-electron chi connectivity index (χ0n) is 11.4. The lowest BCUT2D eigenvalue weighted by molar-refractivity contribution is -0.115. The van der Waals surface area contributed by atoms with Crippen molar-refractivity contribution in [3.63, 3.8) is 0 Å². The summed E-state index contributed by atoms with van der Waals surface area (Å²) in [5, 5.41) is 6.03. The van der Waals surface area contributed by atoms with Crippen LogP contribution in [-0.2, 0) is 4.79 Å². The molecule has 2 N–H and O–H groups in total. The number of rotatable bonds is 3. The molecule has 2 aromatic rings. The Labute approximate surface area is 130 Å². The monoisotopic (exact) mass is 347 g/mol. The van der Waals surface area contributed by atoms with E-state index in [0.717, 1.165) is 22.4 Å². The summed E-state index contributed by atoms with van der Waals surface area (Å²) in [6.45, 7) is 2.97. The van der Waals surface area contributed by atoms with E-state index in [0.29, 0.717) is 11.6 Å². The highest BCUT2D eigenvalue weighted by Crippen LogP contribution is 2.38. The number of amides is 1. The van der Waals surface area contributed by atoms with Crippen LogP contribution >= 0.6 is 15.9 Å². The molecule has 3 rings (SSSR count). The van der Waals surface area contributed by atoms with Crippen molar-refractivity contribution in [1.82, 2.24) is 9.97 Å². The number of halogens is 1. The topological polar surface area (TPSA) is 70.2 Å². The average Bonchev–Trinajstić information content (AvgIpc) is 2.49. The van der Waals surface area contributed by atoms with Gasteiger partial charge < -0.3 is 15.5 Å². The first-order chi connectivity index (χ1) is 10.2. The Morgan fingerprint density at radius 2 is 2.19 bits per heavy atom. The van der Waals surface area contributed by atoms with Crippen molar-refractivity contribution >= 4 is 44.8 Å². The Balaban J connectivity index is 2.09. The molecule has 7 heteroatoms. The minimum atomic E-state index is -0.0655. The number of hydrogen-bond donors (Lipinski definition) is 2. The highest BCUT2D eigenvalue weighted by Gasteiger charge is 2.26. The Kier molecular flexibility index (Phi) is 3.74. The third-order valence-corrected chi connectivity index (χ3v) is 3.87. The van der Waals surface area contributed by atoms with E-state index in [1.807, 2.05) is 36.1 Å². The summed E-state index contributed by atoms with van der Waals surface area (Å²) < 4.78 is 0.747. The molecule has 1 aromatic heterocycles. The van der Waals surface area contributed by atoms with Crippen molar-refractivity contribution < 1.29 is 4.79 Å². The third kappa shape index (κ3) is 2.56. The van der Waals surface area contributed by atoms with Crippen LogP contribution in [-0.4, -0.2) is 29.0 Å². The molecule has 0 spiro atoms. The SMILES string of the molecule is CCNc1ncnc(N2CC(=O)Nc3ccccc32)c1Br. The highest BCUT2D eigenvalue weighted by atomic mass is 79.9. The molecule has 0 saturated carbocycles. The van der Waals surface area contributed by atoms with Gasteiger partial charge in [0.2, 0.25) is 5.91 Å². The van der Waals surface area contributed by atoms with Gasteiger partial charge in [0.05, 0.1) is 11.4 Å². The first-order valence-corrected chi connectivity index (χ1v) is 7.40. The molecule has 0 saturated heterocycles. The van der Waals surface area contributed by atoms with E-state index < -0.39 is 0 Å². The minimum Gasteiger partial charge on any atom is -0.369 e. The summed E-state index contributed by atoms with van der Waals surface area (Å²) >= 11 is 3.53. The maximum Gasteiger partial charge on any atom is 0.244 e. The molecule has 0 atom stereocenters. The zero-order chi connectivity index (χ0) is 14.8. The number of para-hydroxylation sites is 2. The van der Waals surface area contributed by atoms with Crippen molar-refractivity contribution in [1.29, 1.82) is 0 Å². The second-order valence-electron chi connectivity index (χ2n) is 4.54. The van der Waals surface area contributed by atoms with Crippen LogP contribution in [0.3, 0.4) is 0 Å². The first-order valence-electron chi connectivity index (χ1n) is 6.61. The number of fused-ring (bicyclic) bond motifs is 1. The number of carbonyl (C=O) groups is 1. The van der Waals surface area contributed by atoms with Crippen LogP contribution in [0.2, 0.25) is 0 Å². The number of aromatic nitrogens is 2. The van der Waals surface area contributed by atoms with Crippen molar-refractivity contribution in [2.24, 2.45) is 0 Å². The molecular weight excluding hydrogens is 334 g/mol. The van der Waals surface area contributed by atoms with Gasteiger partial charge in [-0.25, -0.2) is 9.97 Å². The van der Waals surface area contributed by atoms with Crippen molar-refractivity contribution in [2.45, 2.75) is 6.92 Å². The fourth-order valence-electron chi connectivity index (χ4n) is 2.26. The van der Waals surface area contributed by atoms with Gasteiger partial charge in [-0.2, -0.15) is 0 Å². The molecule has 2 heterocycles. The van der Waals surface area contributed by atoms with Gasteiger partial charge in [0.15, 0.2) is 5.82 Å². The van der Waals surface area contributed by atoms with Gasteiger partial charge in [-0.1, -0.05) is 12.1 Å². The number of benzene rings is 1. The van der Waals surface area contributed by atoms with Crippen LogP contribution in [0.25, 0.3) is 0 Å². The molecule has 1 amide bonds. The van der Waals surface area contributed by atoms with E-state index in [1.54, 1.807) is 0 Å². The largest absolute Gasteiger partial charge is 0.369 e. The number of carbonyl (C=O) groups excluding carboxylic acids is 1. The predicted molar refractivity (Wildman–Crippen MR) is 86.0 cm³/mol. The van der Waals surface area contributed by atoms with E-state index >= 15 is 0 Å². The van der Waals surface area contributed by atoms with Crippen LogP contribution < -0.4 is 15.5 Å². The van der Waals surface area contributed by atoms with Crippen molar-refractivity contribution in [2.75, 3.05) is 28.6 Å². The molecule has 21 heavy (non-hydrogen) atoms. The smallest absolute Gasteiger partial charge is 0.244 e. The average molecular weight is 348 g/mol. The maximum atomic E-state index is 11.9. The van der Waals surface area contributed by atoms with E-state index in [2.05, 4.69) is 36.5 Å². The summed E-state index contributed by atoms with van der Waals surface area (Å²) in [6.07, 6.45) is 1.49. The van der Waals surface area contributed by atoms with Crippen LogP contribution in [0.4, 0.5) is 23.0 Å². The van der Waals surface area contributed by atoms with Crippen molar-refractivity contribution in [3.8, 4) is 0 Å². The fourth-order valence-corrected chi connectivity index (χ4v) is 2.82. The second kappa shape index (κ2) is 5.69. The summed E-state index contributed by atoms with van der Waals surface area (Å²) in [5.74, 6) is 1.32. The lowest BCUT2D eigenvalue weighted by Gasteiger charge is -2.30. The van der Waals surface area contributed by atoms with Gasteiger partial charge in [0.1, 0.15) is 23.2 Å². The molecule has 1 aromatic carbocycles.